The van der Waals surface area contributed by atoms with Gasteiger partial charge in [0, 0.05) is 26.1 Å². The maximum Gasteiger partial charge on any atom is 0.133 e. The summed E-state index contributed by atoms with van der Waals surface area (Å²) in [4.78, 5) is 11.5. The average Bonchev–Trinajstić information content (AvgIpc) is 2.55. The summed E-state index contributed by atoms with van der Waals surface area (Å²) >= 11 is 0. The number of rotatable bonds is 3. The second kappa shape index (κ2) is 5.28. The highest BCUT2D eigenvalue weighted by Gasteiger charge is 2.17. The molecule has 0 amide bonds. The third-order valence-electron chi connectivity index (χ3n) is 3.43. The van der Waals surface area contributed by atoms with Gasteiger partial charge in [-0.05, 0) is 37.2 Å². The van der Waals surface area contributed by atoms with Crippen molar-refractivity contribution in [2.75, 3.05) is 0 Å². The lowest BCUT2D eigenvalue weighted by Crippen LogP contribution is -2.06. The van der Waals surface area contributed by atoms with Crippen LogP contribution in [0.5, 0.6) is 0 Å². The molecule has 88 valence electrons. The van der Waals surface area contributed by atoms with Gasteiger partial charge in [-0.1, -0.05) is 6.42 Å². The third-order valence-corrected chi connectivity index (χ3v) is 3.43. The quantitative estimate of drug-likeness (QED) is 0.734. The van der Waals surface area contributed by atoms with Gasteiger partial charge in [-0.25, -0.2) is 0 Å². The van der Waals surface area contributed by atoms with Crippen LogP contribution < -0.4 is 0 Å². The van der Waals surface area contributed by atoms with Crippen molar-refractivity contribution in [1.82, 2.24) is 9.78 Å². The van der Waals surface area contributed by atoms with Crippen LogP contribution in [0.4, 0.5) is 0 Å². The van der Waals surface area contributed by atoms with Crippen molar-refractivity contribution in [1.29, 1.82) is 0 Å². The van der Waals surface area contributed by atoms with E-state index in [4.69, 9.17) is 0 Å². The van der Waals surface area contributed by atoms with Crippen LogP contribution in [0.3, 0.4) is 0 Å². The van der Waals surface area contributed by atoms with Gasteiger partial charge in [-0.2, -0.15) is 5.10 Å². The topological polar surface area (TPSA) is 34.9 Å². The number of carbonyl (C=O) groups is 1. The van der Waals surface area contributed by atoms with Gasteiger partial charge in [0.1, 0.15) is 5.78 Å². The number of nitrogens with zero attached hydrogens (tertiary/aromatic N) is 2. The summed E-state index contributed by atoms with van der Waals surface area (Å²) in [5, 5.41) is 4.16. The molecule has 0 bridgehead atoms. The van der Waals surface area contributed by atoms with E-state index >= 15 is 0 Å². The lowest BCUT2D eigenvalue weighted by atomic mass is 9.93. The first-order valence-electron chi connectivity index (χ1n) is 6.23. The second-order valence-corrected chi connectivity index (χ2v) is 4.92. The molecule has 1 saturated carbocycles. The average molecular weight is 220 g/mol. The molecule has 1 unspecified atom stereocenters. The van der Waals surface area contributed by atoms with E-state index in [1.54, 1.807) is 0 Å². The smallest absolute Gasteiger partial charge is 0.133 e. The molecule has 1 atom stereocenters. The van der Waals surface area contributed by atoms with Gasteiger partial charge in [-0.15, -0.1) is 0 Å². The SMILES string of the molecule is Cn1cc(CCC2CCCCC(=O)C2)cn1. The number of aryl methyl sites for hydroxylation is 2. The molecule has 1 aromatic rings. The van der Waals surface area contributed by atoms with Gasteiger partial charge < -0.3 is 0 Å². The second-order valence-electron chi connectivity index (χ2n) is 4.92. The van der Waals surface area contributed by atoms with Gasteiger partial charge in [0.25, 0.3) is 0 Å². The van der Waals surface area contributed by atoms with E-state index in [9.17, 15) is 4.79 Å². The number of hydrogen-bond donors (Lipinski definition) is 0. The Labute approximate surface area is 96.8 Å². The summed E-state index contributed by atoms with van der Waals surface area (Å²) in [6, 6.07) is 0. The fourth-order valence-corrected chi connectivity index (χ4v) is 2.50. The maximum atomic E-state index is 11.5. The Morgan fingerprint density at radius 3 is 3.12 bits per heavy atom. The Hall–Kier alpha value is -1.12. The number of aromatic nitrogens is 2. The van der Waals surface area contributed by atoms with Crippen molar-refractivity contribution in [2.24, 2.45) is 13.0 Å². The molecule has 0 spiro atoms. The zero-order valence-corrected chi connectivity index (χ0v) is 9.98. The van der Waals surface area contributed by atoms with Crippen molar-refractivity contribution in [3.8, 4) is 0 Å². The van der Waals surface area contributed by atoms with Crippen molar-refractivity contribution in [2.45, 2.75) is 44.9 Å². The first-order valence-corrected chi connectivity index (χ1v) is 6.23. The Morgan fingerprint density at radius 1 is 1.50 bits per heavy atom. The molecule has 1 aromatic heterocycles. The van der Waals surface area contributed by atoms with Crippen LogP contribution in [-0.2, 0) is 18.3 Å². The van der Waals surface area contributed by atoms with Gasteiger partial charge in [-0.3, -0.25) is 9.48 Å². The molecule has 16 heavy (non-hydrogen) atoms. The van der Waals surface area contributed by atoms with Crippen LogP contribution >= 0.6 is 0 Å². The minimum absolute atomic E-state index is 0.466. The molecular formula is C13H20N2O. The van der Waals surface area contributed by atoms with Crippen LogP contribution in [0.1, 0.15) is 44.1 Å². The minimum Gasteiger partial charge on any atom is -0.300 e. The molecular weight excluding hydrogens is 200 g/mol. The van der Waals surface area contributed by atoms with Gasteiger partial charge >= 0.3 is 0 Å². The lowest BCUT2D eigenvalue weighted by Gasteiger charge is -2.11. The fourth-order valence-electron chi connectivity index (χ4n) is 2.50. The van der Waals surface area contributed by atoms with E-state index < -0.39 is 0 Å². The summed E-state index contributed by atoms with van der Waals surface area (Å²) in [5.74, 6) is 1.07. The van der Waals surface area contributed by atoms with E-state index in [2.05, 4.69) is 11.3 Å². The molecule has 0 radical (unpaired) electrons. The molecule has 1 aliphatic rings. The monoisotopic (exact) mass is 220 g/mol. The fraction of sp³-hybridized carbons (Fsp3) is 0.692. The highest BCUT2D eigenvalue weighted by Crippen LogP contribution is 2.24. The molecule has 2 rings (SSSR count). The van der Waals surface area contributed by atoms with Crippen LogP contribution in [0, 0.1) is 5.92 Å². The zero-order chi connectivity index (χ0) is 11.4. The first kappa shape index (κ1) is 11.4. The summed E-state index contributed by atoms with van der Waals surface area (Å²) < 4.78 is 1.84. The first-order chi connectivity index (χ1) is 7.74. The molecule has 0 saturated heterocycles. The van der Waals surface area contributed by atoms with Crippen molar-refractivity contribution < 1.29 is 4.79 Å². The van der Waals surface area contributed by atoms with E-state index in [0.717, 1.165) is 32.1 Å². The van der Waals surface area contributed by atoms with Crippen LogP contribution in [0.25, 0.3) is 0 Å². The highest BCUT2D eigenvalue weighted by atomic mass is 16.1. The molecule has 3 nitrogen and oxygen atoms in total. The Bertz CT molecular complexity index is 357. The van der Waals surface area contributed by atoms with Crippen molar-refractivity contribution in [3.05, 3.63) is 18.0 Å². The largest absolute Gasteiger partial charge is 0.300 e. The number of hydrogen-bond acceptors (Lipinski definition) is 2. The normalized spacial score (nSPS) is 22.1. The summed E-state index contributed by atoms with van der Waals surface area (Å²) in [6.45, 7) is 0. The van der Waals surface area contributed by atoms with E-state index in [-0.39, 0.29) is 0 Å². The van der Waals surface area contributed by atoms with E-state index in [1.165, 1.54) is 18.4 Å². The van der Waals surface area contributed by atoms with Crippen LogP contribution in [0.15, 0.2) is 12.4 Å². The predicted octanol–water partition coefficient (Wildman–Crippen LogP) is 2.50. The predicted molar refractivity (Wildman–Crippen MR) is 63.1 cm³/mol. The number of carbonyl (C=O) groups excluding carboxylic acids is 1. The highest BCUT2D eigenvalue weighted by molar-refractivity contribution is 5.78. The Kier molecular flexibility index (Phi) is 3.75. The minimum atomic E-state index is 0.466. The van der Waals surface area contributed by atoms with E-state index in [1.807, 2.05) is 17.9 Å². The molecule has 1 heterocycles. The Balaban J connectivity index is 1.82. The van der Waals surface area contributed by atoms with E-state index in [0.29, 0.717) is 11.7 Å². The van der Waals surface area contributed by atoms with Crippen molar-refractivity contribution in [3.63, 3.8) is 0 Å². The summed E-state index contributed by atoms with van der Waals surface area (Å²) in [7, 11) is 1.94. The molecule has 1 fully saturated rings. The van der Waals surface area contributed by atoms with Crippen LogP contribution in [0.2, 0.25) is 0 Å². The third kappa shape index (κ3) is 3.19. The van der Waals surface area contributed by atoms with Gasteiger partial charge in [0.2, 0.25) is 0 Å². The molecule has 0 aliphatic heterocycles. The number of Topliss-reactive ketones (excluding diaryl/α,β-unsaturated/α-hetero) is 1. The molecule has 0 N–H and O–H groups in total. The lowest BCUT2D eigenvalue weighted by molar-refractivity contribution is -0.119. The van der Waals surface area contributed by atoms with Crippen molar-refractivity contribution >= 4 is 5.78 Å². The standard InChI is InChI=1S/C13H20N2O/c1-15-10-12(9-14-15)7-6-11-4-2-3-5-13(16)8-11/h9-11H,2-8H2,1H3. The molecule has 3 heteroatoms. The maximum absolute atomic E-state index is 11.5. The number of ketones is 1. The van der Waals surface area contributed by atoms with Gasteiger partial charge in [0.15, 0.2) is 0 Å². The van der Waals surface area contributed by atoms with Gasteiger partial charge in [0.05, 0.1) is 6.20 Å². The summed E-state index contributed by atoms with van der Waals surface area (Å²) in [5.41, 5.74) is 1.29. The molecule has 1 aliphatic carbocycles. The zero-order valence-electron chi connectivity index (χ0n) is 9.98. The summed E-state index contributed by atoms with van der Waals surface area (Å²) in [6.07, 6.45) is 11.4. The Morgan fingerprint density at radius 2 is 2.38 bits per heavy atom. The molecule has 0 aromatic carbocycles. The van der Waals surface area contributed by atoms with Crippen LogP contribution in [-0.4, -0.2) is 15.6 Å².